The molecule has 1 heterocycles. The Labute approximate surface area is 125 Å². The molecule has 6 nitrogen and oxygen atoms in total. The standard InChI is InChI=1S/C15H23N3O3/c1-3-21-14(19)11-8-13(17-9-12(11)16)18-10-15(4-5-15)6-7-20-2/h8-9H,3-7,10,16H2,1-2H3,(H,17,18). The average Bonchev–Trinajstić information content (AvgIpc) is 3.25. The van der Waals surface area contributed by atoms with Gasteiger partial charge in [0.25, 0.3) is 0 Å². The fraction of sp³-hybridized carbons (Fsp3) is 0.600. The third-order valence-corrected chi connectivity index (χ3v) is 3.87. The first kappa shape index (κ1) is 15.6. The Morgan fingerprint density at radius 1 is 1.52 bits per heavy atom. The van der Waals surface area contributed by atoms with Crippen molar-refractivity contribution < 1.29 is 14.3 Å². The fourth-order valence-corrected chi connectivity index (χ4v) is 2.24. The highest BCUT2D eigenvalue weighted by Gasteiger charge is 2.41. The molecule has 116 valence electrons. The zero-order chi connectivity index (χ0) is 15.3. The number of nitrogens with zero attached hydrogens (tertiary/aromatic N) is 1. The van der Waals surface area contributed by atoms with Crippen molar-refractivity contribution in [1.82, 2.24) is 4.98 Å². The second-order valence-corrected chi connectivity index (χ2v) is 5.47. The zero-order valence-corrected chi connectivity index (χ0v) is 12.6. The van der Waals surface area contributed by atoms with E-state index in [9.17, 15) is 4.79 Å². The van der Waals surface area contributed by atoms with Crippen LogP contribution in [0.5, 0.6) is 0 Å². The van der Waals surface area contributed by atoms with Crippen molar-refractivity contribution >= 4 is 17.5 Å². The van der Waals surface area contributed by atoms with Crippen LogP contribution >= 0.6 is 0 Å². The minimum atomic E-state index is -0.416. The number of hydrogen-bond acceptors (Lipinski definition) is 6. The minimum absolute atomic E-state index is 0.309. The molecule has 1 aromatic heterocycles. The number of anilines is 2. The third kappa shape index (κ3) is 4.07. The molecule has 1 fully saturated rings. The summed E-state index contributed by atoms with van der Waals surface area (Å²) in [4.78, 5) is 16.0. The summed E-state index contributed by atoms with van der Waals surface area (Å²) in [6, 6.07) is 1.65. The van der Waals surface area contributed by atoms with Gasteiger partial charge in [-0.25, -0.2) is 9.78 Å². The summed E-state index contributed by atoms with van der Waals surface area (Å²) in [5.41, 5.74) is 6.77. The highest BCUT2D eigenvalue weighted by atomic mass is 16.5. The van der Waals surface area contributed by atoms with Crippen LogP contribution in [0.15, 0.2) is 12.3 Å². The number of methoxy groups -OCH3 is 1. The number of hydrogen-bond donors (Lipinski definition) is 2. The summed E-state index contributed by atoms with van der Waals surface area (Å²) >= 11 is 0. The van der Waals surface area contributed by atoms with Gasteiger partial charge in [-0.1, -0.05) is 0 Å². The Hall–Kier alpha value is -1.82. The maximum Gasteiger partial charge on any atom is 0.340 e. The van der Waals surface area contributed by atoms with Gasteiger partial charge in [0.1, 0.15) is 5.82 Å². The maximum atomic E-state index is 11.8. The van der Waals surface area contributed by atoms with Crippen LogP contribution in [0.4, 0.5) is 11.5 Å². The van der Waals surface area contributed by atoms with Crippen molar-refractivity contribution in [3.63, 3.8) is 0 Å². The highest BCUT2D eigenvalue weighted by molar-refractivity contribution is 5.95. The number of rotatable bonds is 8. The van der Waals surface area contributed by atoms with E-state index < -0.39 is 5.97 Å². The molecular formula is C15H23N3O3. The van der Waals surface area contributed by atoms with Crippen molar-refractivity contribution in [3.05, 3.63) is 17.8 Å². The van der Waals surface area contributed by atoms with Gasteiger partial charge in [0.2, 0.25) is 0 Å². The minimum Gasteiger partial charge on any atom is -0.462 e. The summed E-state index contributed by atoms with van der Waals surface area (Å²) in [5, 5.41) is 3.29. The topological polar surface area (TPSA) is 86.5 Å². The van der Waals surface area contributed by atoms with Gasteiger partial charge in [-0.05, 0) is 37.7 Å². The van der Waals surface area contributed by atoms with Gasteiger partial charge in [0.05, 0.1) is 24.1 Å². The van der Waals surface area contributed by atoms with Gasteiger partial charge in [-0.15, -0.1) is 0 Å². The van der Waals surface area contributed by atoms with Crippen LogP contribution in [0.3, 0.4) is 0 Å². The lowest BCUT2D eigenvalue weighted by Gasteiger charge is -2.16. The predicted octanol–water partition coefficient (Wildman–Crippen LogP) is 2.07. The molecule has 0 amide bonds. The predicted molar refractivity (Wildman–Crippen MR) is 81.3 cm³/mol. The summed E-state index contributed by atoms with van der Waals surface area (Å²) < 4.78 is 10.1. The number of nitrogen functional groups attached to an aromatic ring is 1. The van der Waals surface area contributed by atoms with Crippen molar-refractivity contribution in [2.45, 2.75) is 26.2 Å². The van der Waals surface area contributed by atoms with Crippen LogP contribution in [0.2, 0.25) is 0 Å². The Morgan fingerprint density at radius 2 is 2.29 bits per heavy atom. The summed E-state index contributed by atoms with van der Waals surface area (Å²) in [6.45, 7) is 3.69. The Kier molecular flexibility index (Phi) is 5.01. The van der Waals surface area contributed by atoms with Crippen LogP contribution < -0.4 is 11.1 Å². The number of aromatic nitrogens is 1. The normalized spacial score (nSPS) is 15.5. The van der Waals surface area contributed by atoms with Crippen molar-refractivity contribution in [2.75, 3.05) is 37.9 Å². The van der Waals surface area contributed by atoms with Gasteiger partial charge < -0.3 is 20.5 Å². The fourth-order valence-electron chi connectivity index (χ4n) is 2.24. The van der Waals surface area contributed by atoms with Crippen LogP contribution in [0.25, 0.3) is 0 Å². The van der Waals surface area contributed by atoms with E-state index in [4.69, 9.17) is 15.2 Å². The van der Waals surface area contributed by atoms with Crippen molar-refractivity contribution in [1.29, 1.82) is 0 Å². The largest absolute Gasteiger partial charge is 0.462 e. The molecule has 3 N–H and O–H groups in total. The smallest absolute Gasteiger partial charge is 0.340 e. The van der Waals surface area contributed by atoms with E-state index >= 15 is 0 Å². The number of carbonyl (C=O) groups is 1. The second-order valence-electron chi connectivity index (χ2n) is 5.47. The van der Waals surface area contributed by atoms with Gasteiger partial charge >= 0.3 is 5.97 Å². The molecule has 0 bridgehead atoms. The molecule has 1 aliphatic rings. The Morgan fingerprint density at radius 3 is 2.90 bits per heavy atom. The number of pyridine rings is 1. The molecule has 1 aliphatic carbocycles. The molecule has 0 saturated heterocycles. The van der Waals surface area contributed by atoms with E-state index in [2.05, 4.69) is 10.3 Å². The molecule has 1 saturated carbocycles. The number of ether oxygens (including phenoxy) is 2. The number of esters is 1. The molecule has 0 aromatic carbocycles. The van der Waals surface area contributed by atoms with E-state index in [1.54, 1.807) is 20.1 Å². The first-order valence-electron chi connectivity index (χ1n) is 7.26. The van der Waals surface area contributed by atoms with Crippen molar-refractivity contribution in [3.8, 4) is 0 Å². The van der Waals surface area contributed by atoms with Crippen molar-refractivity contribution in [2.24, 2.45) is 5.41 Å². The van der Waals surface area contributed by atoms with E-state index in [0.717, 1.165) is 19.6 Å². The van der Waals surface area contributed by atoms with E-state index in [1.807, 2.05) is 0 Å². The monoisotopic (exact) mass is 293 g/mol. The first-order chi connectivity index (χ1) is 10.1. The SMILES string of the molecule is CCOC(=O)c1cc(NCC2(CCOC)CC2)ncc1N. The lowest BCUT2D eigenvalue weighted by molar-refractivity contribution is 0.0527. The molecular weight excluding hydrogens is 270 g/mol. The molecule has 0 aliphatic heterocycles. The first-order valence-corrected chi connectivity index (χ1v) is 7.26. The Bertz CT molecular complexity index is 501. The van der Waals surface area contributed by atoms with E-state index in [-0.39, 0.29) is 0 Å². The summed E-state index contributed by atoms with van der Waals surface area (Å²) in [6.07, 6.45) is 4.92. The number of nitrogens with two attached hydrogens (primary N) is 1. The molecule has 2 rings (SSSR count). The molecule has 0 atom stereocenters. The van der Waals surface area contributed by atoms with Crippen LogP contribution in [-0.4, -0.2) is 37.8 Å². The molecule has 1 aromatic rings. The molecule has 6 heteroatoms. The van der Waals surface area contributed by atoms with E-state index in [1.165, 1.54) is 19.0 Å². The average molecular weight is 293 g/mol. The zero-order valence-electron chi connectivity index (χ0n) is 12.6. The van der Waals surface area contributed by atoms with Gasteiger partial charge in [-0.3, -0.25) is 0 Å². The molecule has 21 heavy (non-hydrogen) atoms. The lowest BCUT2D eigenvalue weighted by atomic mass is 10.0. The number of nitrogens with one attached hydrogen (secondary N) is 1. The van der Waals surface area contributed by atoms with Crippen LogP contribution in [0.1, 0.15) is 36.5 Å². The highest BCUT2D eigenvalue weighted by Crippen LogP contribution is 2.48. The molecule has 0 radical (unpaired) electrons. The van der Waals surface area contributed by atoms with Crippen LogP contribution in [0, 0.1) is 5.41 Å². The lowest BCUT2D eigenvalue weighted by Crippen LogP contribution is -2.18. The molecule has 0 spiro atoms. The summed E-state index contributed by atoms with van der Waals surface area (Å²) in [7, 11) is 1.72. The quantitative estimate of drug-likeness (QED) is 0.714. The van der Waals surface area contributed by atoms with Gasteiger partial charge in [-0.2, -0.15) is 0 Å². The van der Waals surface area contributed by atoms with E-state index in [0.29, 0.717) is 29.1 Å². The van der Waals surface area contributed by atoms with Crippen LogP contribution in [-0.2, 0) is 9.47 Å². The molecule has 0 unspecified atom stereocenters. The summed E-state index contributed by atoms with van der Waals surface area (Å²) in [5.74, 6) is 0.233. The third-order valence-electron chi connectivity index (χ3n) is 3.87. The van der Waals surface area contributed by atoms with Gasteiger partial charge in [0, 0.05) is 20.3 Å². The second kappa shape index (κ2) is 6.76. The Balaban J connectivity index is 1.98. The van der Waals surface area contributed by atoms with Gasteiger partial charge in [0.15, 0.2) is 0 Å². The number of carbonyl (C=O) groups excluding carboxylic acids is 1. The maximum absolute atomic E-state index is 11.8.